The molecule has 7 heteroatoms. The number of hydrogen-bond acceptors (Lipinski definition) is 4. The molecule has 1 aromatic rings. The maximum Gasteiger partial charge on any atom is 0.241 e. The highest BCUT2D eigenvalue weighted by Gasteiger charge is 2.42. The molecule has 0 aliphatic heterocycles. The number of sulfone groups is 1. The zero-order chi connectivity index (χ0) is 16.1. The van der Waals surface area contributed by atoms with E-state index in [0.717, 1.165) is 17.4 Å². The number of rotatable bonds is 7. The molecule has 0 aliphatic rings. The van der Waals surface area contributed by atoms with Gasteiger partial charge in [-0.25, -0.2) is 8.42 Å². The Kier molecular flexibility index (Phi) is 6.37. The molecular formula is C14H21BrN2O3S. The fourth-order valence-electron chi connectivity index (χ4n) is 1.71. The molecule has 5 nitrogen and oxygen atoms in total. The van der Waals surface area contributed by atoms with E-state index in [2.05, 4.69) is 26.6 Å². The quantitative estimate of drug-likeness (QED) is 0.710. The van der Waals surface area contributed by atoms with E-state index in [9.17, 15) is 13.2 Å². The van der Waals surface area contributed by atoms with E-state index in [0.29, 0.717) is 6.54 Å². The van der Waals surface area contributed by atoms with Crippen molar-refractivity contribution in [1.82, 2.24) is 10.6 Å². The molecule has 0 atom stereocenters. The van der Waals surface area contributed by atoms with Crippen molar-refractivity contribution in [3.05, 3.63) is 28.7 Å². The number of nitrogens with one attached hydrogen (secondary N) is 2. The van der Waals surface area contributed by atoms with Crippen LogP contribution in [0.15, 0.2) is 33.6 Å². The third-order valence-electron chi connectivity index (χ3n) is 3.23. The Bertz CT molecular complexity index is 583. The summed E-state index contributed by atoms with van der Waals surface area (Å²) in [6.45, 7) is 4.06. The fraction of sp³-hybridized carbons (Fsp3) is 0.500. The van der Waals surface area contributed by atoms with E-state index in [1.165, 1.54) is 26.0 Å². The van der Waals surface area contributed by atoms with Crippen LogP contribution in [0.4, 0.5) is 0 Å². The Morgan fingerprint density at radius 3 is 2.29 bits per heavy atom. The summed E-state index contributed by atoms with van der Waals surface area (Å²) < 4.78 is 24.5. The fourth-order valence-corrected chi connectivity index (χ4v) is 3.37. The lowest BCUT2D eigenvalue weighted by molar-refractivity contribution is -0.122. The van der Waals surface area contributed by atoms with Gasteiger partial charge in [0, 0.05) is 11.0 Å². The lowest BCUT2D eigenvalue weighted by atomic mass is 10.2. The predicted octanol–water partition coefficient (Wildman–Crippen LogP) is 1.73. The molecule has 1 rings (SSSR count). The van der Waals surface area contributed by atoms with Gasteiger partial charge in [-0.1, -0.05) is 15.9 Å². The molecular weight excluding hydrogens is 356 g/mol. The van der Waals surface area contributed by atoms with Gasteiger partial charge in [0.15, 0.2) is 9.84 Å². The van der Waals surface area contributed by atoms with E-state index in [-0.39, 0.29) is 4.90 Å². The lowest BCUT2D eigenvalue weighted by Crippen LogP contribution is -2.48. The molecule has 1 amide bonds. The molecule has 1 aromatic carbocycles. The third-order valence-corrected chi connectivity index (χ3v) is 6.18. The van der Waals surface area contributed by atoms with Gasteiger partial charge in [0.25, 0.3) is 0 Å². The van der Waals surface area contributed by atoms with Gasteiger partial charge in [-0.05, 0) is 58.1 Å². The summed E-state index contributed by atoms with van der Waals surface area (Å²) >= 11 is 3.26. The zero-order valence-electron chi connectivity index (χ0n) is 12.4. The van der Waals surface area contributed by atoms with Gasteiger partial charge in [0.1, 0.15) is 4.75 Å². The van der Waals surface area contributed by atoms with Crippen LogP contribution in [0.3, 0.4) is 0 Å². The van der Waals surface area contributed by atoms with Crippen LogP contribution in [0.25, 0.3) is 0 Å². The Morgan fingerprint density at radius 1 is 1.19 bits per heavy atom. The van der Waals surface area contributed by atoms with E-state index in [4.69, 9.17) is 0 Å². The van der Waals surface area contributed by atoms with Crippen molar-refractivity contribution < 1.29 is 13.2 Å². The first kappa shape index (κ1) is 18.1. The lowest BCUT2D eigenvalue weighted by Gasteiger charge is -2.24. The summed E-state index contributed by atoms with van der Waals surface area (Å²) in [6, 6.07) is 6.28. The molecule has 0 saturated heterocycles. The monoisotopic (exact) mass is 376 g/mol. The van der Waals surface area contributed by atoms with Crippen molar-refractivity contribution in [2.75, 3.05) is 20.1 Å². The maximum atomic E-state index is 12.6. The van der Waals surface area contributed by atoms with Gasteiger partial charge in [-0.3, -0.25) is 4.79 Å². The van der Waals surface area contributed by atoms with Gasteiger partial charge >= 0.3 is 0 Å². The highest BCUT2D eigenvalue weighted by Crippen LogP contribution is 2.26. The Labute approximate surface area is 134 Å². The standard InChI is InChI=1S/C14H21BrN2O3S/c1-14(2,13(18)17-10-4-9-16-3)21(19,20)12-7-5-11(15)6-8-12/h5-8,16H,4,9-10H2,1-3H3,(H,17,18). The van der Waals surface area contributed by atoms with Gasteiger partial charge in [-0.15, -0.1) is 0 Å². The van der Waals surface area contributed by atoms with Crippen LogP contribution in [0.2, 0.25) is 0 Å². The smallest absolute Gasteiger partial charge is 0.241 e. The van der Waals surface area contributed by atoms with Crippen LogP contribution in [0.5, 0.6) is 0 Å². The van der Waals surface area contributed by atoms with Gasteiger partial charge in [0.05, 0.1) is 4.90 Å². The first-order valence-corrected chi connectivity index (χ1v) is 8.94. The summed E-state index contributed by atoms with van der Waals surface area (Å²) in [6.07, 6.45) is 0.747. The molecule has 0 aromatic heterocycles. The van der Waals surface area contributed by atoms with E-state index in [1.54, 1.807) is 12.1 Å². The SMILES string of the molecule is CNCCCNC(=O)C(C)(C)S(=O)(=O)c1ccc(Br)cc1. The second kappa shape index (κ2) is 7.38. The normalized spacial score (nSPS) is 12.2. The van der Waals surface area contributed by atoms with Crippen molar-refractivity contribution >= 4 is 31.7 Å². The zero-order valence-corrected chi connectivity index (χ0v) is 14.8. The number of carbonyl (C=O) groups excluding carboxylic acids is 1. The van der Waals surface area contributed by atoms with Crippen LogP contribution in [0.1, 0.15) is 20.3 Å². The van der Waals surface area contributed by atoms with Crippen molar-refractivity contribution in [1.29, 1.82) is 0 Å². The van der Waals surface area contributed by atoms with Crippen LogP contribution in [-0.2, 0) is 14.6 Å². The van der Waals surface area contributed by atoms with Crippen LogP contribution in [0, 0.1) is 0 Å². The Balaban J connectivity index is 2.89. The minimum atomic E-state index is -3.75. The van der Waals surface area contributed by atoms with Crippen molar-refractivity contribution in [3.8, 4) is 0 Å². The predicted molar refractivity (Wildman–Crippen MR) is 87.0 cm³/mol. The number of carbonyl (C=O) groups is 1. The molecule has 2 N–H and O–H groups in total. The van der Waals surface area contributed by atoms with Gasteiger partial charge in [0.2, 0.25) is 5.91 Å². The summed E-state index contributed by atoms with van der Waals surface area (Å²) in [5.41, 5.74) is 0. The van der Waals surface area contributed by atoms with E-state index in [1.807, 2.05) is 7.05 Å². The van der Waals surface area contributed by atoms with Crippen LogP contribution in [-0.4, -0.2) is 39.2 Å². The first-order chi connectivity index (χ1) is 9.73. The third kappa shape index (κ3) is 4.28. The molecule has 0 bridgehead atoms. The van der Waals surface area contributed by atoms with Gasteiger partial charge < -0.3 is 10.6 Å². The number of halogens is 1. The van der Waals surface area contributed by atoms with Crippen molar-refractivity contribution in [2.24, 2.45) is 0 Å². The summed E-state index contributed by atoms with van der Waals surface area (Å²) in [5.74, 6) is -0.485. The number of benzene rings is 1. The van der Waals surface area contributed by atoms with E-state index >= 15 is 0 Å². The molecule has 0 spiro atoms. The highest BCUT2D eigenvalue weighted by atomic mass is 79.9. The molecule has 0 saturated carbocycles. The summed E-state index contributed by atoms with van der Waals surface area (Å²) in [4.78, 5) is 12.3. The second-order valence-corrected chi connectivity index (χ2v) is 8.60. The average Bonchev–Trinajstić information content (AvgIpc) is 2.43. The average molecular weight is 377 g/mol. The van der Waals surface area contributed by atoms with Crippen LogP contribution < -0.4 is 10.6 Å². The Hall–Kier alpha value is -0.920. The summed E-state index contributed by atoms with van der Waals surface area (Å²) in [5, 5.41) is 5.65. The maximum absolute atomic E-state index is 12.6. The molecule has 0 radical (unpaired) electrons. The molecule has 0 fully saturated rings. The molecule has 21 heavy (non-hydrogen) atoms. The second-order valence-electron chi connectivity index (χ2n) is 5.18. The highest BCUT2D eigenvalue weighted by molar-refractivity contribution is 9.10. The topological polar surface area (TPSA) is 75.3 Å². The largest absolute Gasteiger partial charge is 0.355 e. The minimum absolute atomic E-state index is 0.140. The minimum Gasteiger partial charge on any atom is -0.355 e. The van der Waals surface area contributed by atoms with Crippen LogP contribution >= 0.6 is 15.9 Å². The number of amides is 1. The molecule has 118 valence electrons. The van der Waals surface area contributed by atoms with Gasteiger partial charge in [-0.2, -0.15) is 0 Å². The summed E-state index contributed by atoms with van der Waals surface area (Å²) in [7, 11) is -1.92. The first-order valence-electron chi connectivity index (χ1n) is 6.66. The molecule has 0 unspecified atom stereocenters. The molecule has 0 heterocycles. The van der Waals surface area contributed by atoms with Crippen molar-refractivity contribution in [2.45, 2.75) is 29.9 Å². The van der Waals surface area contributed by atoms with E-state index < -0.39 is 20.5 Å². The molecule has 0 aliphatic carbocycles. The number of hydrogen-bond donors (Lipinski definition) is 2. The Morgan fingerprint density at radius 2 is 1.76 bits per heavy atom. The van der Waals surface area contributed by atoms with Crippen molar-refractivity contribution in [3.63, 3.8) is 0 Å².